The highest BCUT2D eigenvalue weighted by Gasteiger charge is 2.26. The highest BCUT2D eigenvalue weighted by atomic mass is 16.2. The Morgan fingerprint density at radius 2 is 2.10 bits per heavy atom. The maximum atomic E-state index is 12.3. The van der Waals surface area contributed by atoms with Crippen LogP contribution in [0.2, 0.25) is 0 Å². The summed E-state index contributed by atoms with van der Waals surface area (Å²) in [7, 11) is 0. The molecule has 114 valence electrons. The molecule has 2 atom stereocenters. The summed E-state index contributed by atoms with van der Waals surface area (Å²) in [5.41, 5.74) is 0. The zero-order valence-electron chi connectivity index (χ0n) is 12.3. The van der Waals surface area contributed by atoms with Crippen molar-refractivity contribution in [2.24, 2.45) is 0 Å². The third kappa shape index (κ3) is 3.69. The minimum Gasteiger partial charge on any atom is -0.350 e. The molecule has 2 N–H and O–H groups in total. The Hall–Kier alpha value is -1.69. The van der Waals surface area contributed by atoms with Gasteiger partial charge >= 0.3 is 0 Å². The van der Waals surface area contributed by atoms with Crippen LogP contribution < -0.4 is 15.5 Å². The van der Waals surface area contributed by atoms with Crippen molar-refractivity contribution in [2.45, 2.75) is 44.2 Å². The van der Waals surface area contributed by atoms with Gasteiger partial charge in [-0.3, -0.25) is 4.79 Å². The summed E-state index contributed by atoms with van der Waals surface area (Å²) in [6.45, 7) is 2.70. The number of anilines is 1. The molecule has 2 aliphatic heterocycles. The Morgan fingerprint density at radius 3 is 2.86 bits per heavy atom. The van der Waals surface area contributed by atoms with E-state index in [0.29, 0.717) is 0 Å². The van der Waals surface area contributed by atoms with Gasteiger partial charge in [0.05, 0.1) is 6.04 Å². The number of carbonyl (C=O) groups is 1. The van der Waals surface area contributed by atoms with Gasteiger partial charge in [-0.15, -0.1) is 0 Å². The van der Waals surface area contributed by atoms with E-state index in [9.17, 15) is 4.79 Å². The Bertz CT molecular complexity index is 460. The summed E-state index contributed by atoms with van der Waals surface area (Å²) in [4.78, 5) is 23.0. The fourth-order valence-electron chi connectivity index (χ4n) is 3.11. The molecule has 2 fully saturated rings. The maximum absolute atomic E-state index is 12.3. The standard InChI is InChI=1S/C15H23N5O/c21-14(13-6-1-2-7-16-13)19-12-5-3-10-20(11-12)15-17-8-4-9-18-15/h4,8-9,12-13,16H,1-3,5-7,10-11H2,(H,19,21)/t12?,13-/m0/s1. The van der Waals surface area contributed by atoms with Crippen LogP contribution in [-0.4, -0.2) is 47.6 Å². The van der Waals surface area contributed by atoms with Crippen molar-refractivity contribution in [3.05, 3.63) is 18.5 Å². The number of nitrogens with one attached hydrogen (secondary N) is 2. The monoisotopic (exact) mass is 289 g/mol. The summed E-state index contributed by atoms with van der Waals surface area (Å²) in [6, 6.07) is 2.00. The Balaban J connectivity index is 1.55. The van der Waals surface area contributed by atoms with E-state index in [4.69, 9.17) is 0 Å². The molecule has 1 aromatic heterocycles. The van der Waals surface area contributed by atoms with Crippen LogP contribution in [0.15, 0.2) is 18.5 Å². The van der Waals surface area contributed by atoms with Crippen LogP contribution in [0.4, 0.5) is 5.95 Å². The topological polar surface area (TPSA) is 70.2 Å². The lowest BCUT2D eigenvalue weighted by atomic mass is 10.0. The van der Waals surface area contributed by atoms with E-state index in [-0.39, 0.29) is 18.0 Å². The normalized spacial score (nSPS) is 26.4. The summed E-state index contributed by atoms with van der Waals surface area (Å²) < 4.78 is 0. The van der Waals surface area contributed by atoms with Gasteiger partial charge in [-0.05, 0) is 38.3 Å². The van der Waals surface area contributed by atoms with Crippen LogP contribution in [0, 0.1) is 0 Å². The smallest absolute Gasteiger partial charge is 0.237 e. The lowest BCUT2D eigenvalue weighted by Crippen LogP contribution is -2.54. The molecule has 1 amide bonds. The summed E-state index contributed by atoms with van der Waals surface area (Å²) in [5, 5.41) is 6.49. The fraction of sp³-hybridized carbons (Fsp3) is 0.667. The number of nitrogens with zero attached hydrogens (tertiary/aromatic N) is 3. The highest BCUT2D eigenvalue weighted by molar-refractivity contribution is 5.82. The molecular weight excluding hydrogens is 266 g/mol. The van der Waals surface area contributed by atoms with Crippen LogP contribution in [-0.2, 0) is 4.79 Å². The van der Waals surface area contributed by atoms with Crippen molar-refractivity contribution >= 4 is 11.9 Å². The quantitative estimate of drug-likeness (QED) is 0.857. The molecule has 0 bridgehead atoms. The maximum Gasteiger partial charge on any atom is 0.237 e. The molecular formula is C15H23N5O. The Labute approximate surface area is 125 Å². The second kappa shape index (κ2) is 6.85. The zero-order valence-corrected chi connectivity index (χ0v) is 12.3. The fourth-order valence-corrected chi connectivity index (χ4v) is 3.11. The lowest BCUT2D eigenvalue weighted by molar-refractivity contribution is -0.124. The van der Waals surface area contributed by atoms with Gasteiger partial charge in [0, 0.05) is 31.5 Å². The van der Waals surface area contributed by atoms with E-state index in [2.05, 4.69) is 25.5 Å². The van der Waals surface area contributed by atoms with Gasteiger partial charge in [0.15, 0.2) is 0 Å². The molecule has 21 heavy (non-hydrogen) atoms. The SMILES string of the molecule is O=C(NC1CCCN(c2ncccn2)C1)[C@@H]1CCCCN1. The van der Waals surface area contributed by atoms with Crippen molar-refractivity contribution in [1.82, 2.24) is 20.6 Å². The first kappa shape index (κ1) is 14.3. The second-order valence-electron chi connectivity index (χ2n) is 5.85. The average Bonchev–Trinajstić information content (AvgIpc) is 2.57. The predicted molar refractivity (Wildman–Crippen MR) is 81.1 cm³/mol. The zero-order chi connectivity index (χ0) is 14.5. The van der Waals surface area contributed by atoms with Crippen molar-refractivity contribution in [3.8, 4) is 0 Å². The number of rotatable bonds is 3. The van der Waals surface area contributed by atoms with Crippen molar-refractivity contribution in [2.75, 3.05) is 24.5 Å². The molecule has 1 aromatic rings. The van der Waals surface area contributed by atoms with Crippen molar-refractivity contribution in [1.29, 1.82) is 0 Å². The summed E-state index contributed by atoms with van der Waals surface area (Å²) >= 11 is 0. The molecule has 0 aromatic carbocycles. The van der Waals surface area contributed by atoms with Crippen molar-refractivity contribution in [3.63, 3.8) is 0 Å². The van der Waals surface area contributed by atoms with E-state index in [1.807, 2.05) is 6.07 Å². The van der Waals surface area contributed by atoms with Crippen LogP contribution in [0.1, 0.15) is 32.1 Å². The van der Waals surface area contributed by atoms with Crippen LogP contribution in [0.5, 0.6) is 0 Å². The molecule has 1 unspecified atom stereocenters. The van der Waals surface area contributed by atoms with E-state index in [1.165, 1.54) is 6.42 Å². The van der Waals surface area contributed by atoms with E-state index in [0.717, 1.165) is 51.3 Å². The van der Waals surface area contributed by atoms with Crippen LogP contribution in [0.25, 0.3) is 0 Å². The highest BCUT2D eigenvalue weighted by Crippen LogP contribution is 2.16. The molecule has 6 heteroatoms. The third-order valence-corrected chi connectivity index (χ3v) is 4.23. The van der Waals surface area contributed by atoms with Gasteiger partial charge in [0.1, 0.15) is 0 Å². The average molecular weight is 289 g/mol. The van der Waals surface area contributed by atoms with Gasteiger partial charge in [-0.25, -0.2) is 9.97 Å². The third-order valence-electron chi connectivity index (χ3n) is 4.23. The number of hydrogen-bond donors (Lipinski definition) is 2. The van der Waals surface area contributed by atoms with Gasteiger partial charge in [0.2, 0.25) is 11.9 Å². The first-order valence-corrected chi connectivity index (χ1v) is 7.88. The molecule has 6 nitrogen and oxygen atoms in total. The number of amides is 1. The van der Waals surface area contributed by atoms with Gasteiger partial charge in [0.25, 0.3) is 0 Å². The molecule has 0 spiro atoms. The first-order chi connectivity index (χ1) is 10.3. The largest absolute Gasteiger partial charge is 0.350 e. The molecule has 0 radical (unpaired) electrons. The Kier molecular flexibility index (Phi) is 4.65. The first-order valence-electron chi connectivity index (χ1n) is 7.88. The van der Waals surface area contributed by atoms with Crippen molar-refractivity contribution < 1.29 is 4.79 Å². The molecule has 0 saturated carbocycles. The van der Waals surface area contributed by atoms with Crippen LogP contribution >= 0.6 is 0 Å². The van der Waals surface area contributed by atoms with E-state index >= 15 is 0 Å². The predicted octanol–water partition coefficient (Wildman–Crippen LogP) is 0.704. The van der Waals surface area contributed by atoms with E-state index in [1.54, 1.807) is 12.4 Å². The Morgan fingerprint density at radius 1 is 1.24 bits per heavy atom. The molecule has 3 rings (SSSR count). The van der Waals surface area contributed by atoms with Crippen LogP contribution in [0.3, 0.4) is 0 Å². The summed E-state index contributed by atoms with van der Waals surface area (Å²) in [5.74, 6) is 0.905. The molecule has 3 heterocycles. The molecule has 2 aliphatic rings. The number of piperidine rings is 2. The minimum atomic E-state index is -0.0119. The van der Waals surface area contributed by atoms with Gasteiger partial charge < -0.3 is 15.5 Å². The molecule has 2 saturated heterocycles. The van der Waals surface area contributed by atoms with Gasteiger partial charge in [-0.2, -0.15) is 0 Å². The lowest BCUT2D eigenvalue weighted by Gasteiger charge is -2.34. The molecule has 0 aliphatic carbocycles. The number of hydrogen-bond acceptors (Lipinski definition) is 5. The second-order valence-corrected chi connectivity index (χ2v) is 5.85. The number of carbonyl (C=O) groups excluding carboxylic acids is 1. The minimum absolute atomic E-state index is 0.0119. The van der Waals surface area contributed by atoms with Gasteiger partial charge in [-0.1, -0.05) is 6.42 Å². The summed E-state index contributed by atoms with van der Waals surface area (Å²) in [6.07, 6.45) is 8.87. The van der Waals surface area contributed by atoms with E-state index < -0.39 is 0 Å². The number of aromatic nitrogens is 2.